The maximum absolute atomic E-state index is 5.44. The van der Waals surface area contributed by atoms with Gasteiger partial charge in [-0.05, 0) is 24.3 Å². The monoisotopic (exact) mass is 294 g/mol. The Balaban J connectivity index is 1.64. The van der Waals surface area contributed by atoms with Crippen LogP contribution in [0, 0.1) is 0 Å². The summed E-state index contributed by atoms with van der Waals surface area (Å²) in [4.78, 5) is 10.2. The molecule has 0 spiro atoms. The zero-order chi connectivity index (χ0) is 14.8. The van der Waals surface area contributed by atoms with Gasteiger partial charge < -0.3 is 19.9 Å². The number of nitrogens with zero attached hydrogens (tertiary/aromatic N) is 2. The molecule has 5 heteroatoms. The van der Waals surface area contributed by atoms with Gasteiger partial charge in [0.25, 0.3) is 0 Å². The quantitative estimate of drug-likeness (QED) is 0.779. The predicted molar refractivity (Wildman–Crippen MR) is 88.9 cm³/mol. The van der Waals surface area contributed by atoms with Gasteiger partial charge in [0.1, 0.15) is 0 Å². The fourth-order valence-electron chi connectivity index (χ4n) is 2.80. The SMILES string of the molecule is c1ccc(N2CCOCC2)c(Nc2nc3ccccc3[nH]2)c1. The van der Waals surface area contributed by atoms with E-state index in [4.69, 9.17) is 4.74 Å². The number of ether oxygens (including phenoxy) is 1. The predicted octanol–water partition coefficient (Wildman–Crippen LogP) is 3.14. The number of hydrogen-bond acceptors (Lipinski definition) is 4. The highest BCUT2D eigenvalue weighted by molar-refractivity contribution is 5.80. The lowest BCUT2D eigenvalue weighted by Crippen LogP contribution is -2.36. The molecule has 0 unspecified atom stereocenters. The van der Waals surface area contributed by atoms with Gasteiger partial charge in [0, 0.05) is 13.1 Å². The van der Waals surface area contributed by atoms with Crippen molar-refractivity contribution in [3.8, 4) is 0 Å². The third-order valence-electron chi connectivity index (χ3n) is 3.90. The molecule has 1 saturated heterocycles. The Morgan fingerprint density at radius 3 is 2.64 bits per heavy atom. The highest BCUT2D eigenvalue weighted by atomic mass is 16.5. The van der Waals surface area contributed by atoms with Crippen LogP contribution in [-0.2, 0) is 4.74 Å². The van der Waals surface area contributed by atoms with E-state index >= 15 is 0 Å². The van der Waals surface area contributed by atoms with E-state index in [1.54, 1.807) is 0 Å². The first-order valence-corrected chi connectivity index (χ1v) is 7.54. The van der Waals surface area contributed by atoms with Crippen LogP contribution in [0.3, 0.4) is 0 Å². The van der Waals surface area contributed by atoms with Gasteiger partial charge in [0.2, 0.25) is 5.95 Å². The van der Waals surface area contributed by atoms with Crippen LogP contribution < -0.4 is 10.2 Å². The molecule has 1 aliphatic heterocycles. The van der Waals surface area contributed by atoms with E-state index in [1.165, 1.54) is 5.69 Å². The summed E-state index contributed by atoms with van der Waals surface area (Å²) < 4.78 is 5.44. The second-order valence-corrected chi connectivity index (χ2v) is 5.34. The van der Waals surface area contributed by atoms with Gasteiger partial charge in [0.05, 0.1) is 35.6 Å². The van der Waals surface area contributed by atoms with Gasteiger partial charge in [-0.2, -0.15) is 0 Å². The number of rotatable bonds is 3. The van der Waals surface area contributed by atoms with Crippen LogP contribution in [-0.4, -0.2) is 36.3 Å². The van der Waals surface area contributed by atoms with Crippen LogP contribution in [0.25, 0.3) is 11.0 Å². The minimum atomic E-state index is 0.766. The summed E-state index contributed by atoms with van der Waals surface area (Å²) >= 11 is 0. The van der Waals surface area contributed by atoms with Gasteiger partial charge in [-0.1, -0.05) is 24.3 Å². The number of morpholine rings is 1. The number of benzene rings is 2. The molecule has 22 heavy (non-hydrogen) atoms. The third-order valence-corrected chi connectivity index (χ3v) is 3.90. The first kappa shape index (κ1) is 13.2. The molecular formula is C17H18N4O. The van der Waals surface area contributed by atoms with Crippen molar-refractivity contribution in [2.45, 2.75) is 0 Å². The molecule has 5 nitrogen and oxygen atoms in total. The second kappa shape index (κ2) is 5.69. The number of aromatic nitrogens is 2. The fraction of sp³-hybridized carbons (Fsp3) is 0.235. The average molecular weight is 294 g/mol. The van der Waals surface area contributed by atoms with Crippen LogP contribution in [0.1, 0.15) is 0 Å². The minimum absolute atomic E-state index is 0.766. The second-order valence-electron chi connectivity index (χ2n) is 5.34. The van der Waals surface area contributed by atoms with Crippen molar-refractivity contribution in [2.75, 3.05) is 36.5 Å². The Kier molecular flexibility index (Phi) is 3.40. The number of anilines is 3. The summed E-state index contributed by atoms with van der Waals surface area (Å²) in [6.45, 7) is 3.38. The normalized spacial score (nSPS) is 15.2. The molecular weight excluding hydrogens is 276 g/mol. The van der Waals surface area contributed by atoms with Crippen molar-refractivity contribution in [1.29, 1.82) is 0 Å². The summed E-state index contributed by atoms with van der Waals surface area (Å²) in [6, 6.07) is 16.4. The number of H-pyrrole nitrogens is 1. The van der Waals surface area contributed by atoms with E-state index in [2.05, 4.69) is 38.4 Å². The zero-order valence-corrected chi connectivity index (χ0v) is 12.2. The Labute approximate surface area is 128 Å². The topological polar surface area (TPSA) is 53.2 Å². The fourth-order valence-corrected chi connectivity index (χ4v) is 2.80. The van der Waals surface area contributed by atoms with E-state index in [0.29, 0.717) is 0 Å². The number of aromatic amines is 1. The molecule has 112 valence electrons. The van der Waals surface area contributed by atoms with E-state index in [-0.39, 0.29) is 0 Å². The maximum atomic E-state index is 5.44. The summed E-state index contributed by atoms with van der Waals surface area (Å²) in [7, 11) is 0. The molecule has 0 bridgehead atoms. The maximum Gasteiger partial charge on any atom is 0.205 e. The molecule has 0 atom stereocenters. The van der Waals surface area contributed by atoms with Crippen LogP contribution in [0.2, 0.25) is 0 Å². The van der Waals surface area contributed by atoms with Crippen molar-refractivity contribution in [3.63, 3.8) is 0 Å². The molecule has 2 heterocycles. The molecule has 0 aliphatic carbocycles. The molecule has 1 fully saturated rings. The van der Waals surface area contributed by atoms with Crippen molar-refractivity contribution >= 4 is 28.4 Å². The van der Waals surface area contributed by atoms with E-state index < -0.39 is 0 Å². The summed E-state index contributed by atoms with van der Waals surface area (Å²) in [5.41, 5.74) is 4.25. The molecule has 1 aromatic heterocycles. The van der Waals surface area contributed by atoms with E-state index in [1.807, 2.05) is 30.3 Å². The van der Waals surface area contributed by atoms with Gasteiger partial charge in [-0.15, -0.1) is 0 Å². The first-order valence-electron chi connectivity index (χ1n) is 7.54. The summed E-state index contributed by atoms with van der Waals surface area (Å²) in [5, 5.41) is 3.41. The molecule has 0 radical (unpaired) electrons. The van der Waals surface area contributed by atoms with E-state index in [9.17, 15) is 0 Å². The van der Waals surface area contributed by atoms with Gasteiger partial charge in [-0.25, -0.2) is 4.98 Å². The molecule has 3 aromatic rings. The smallest absolute Gasteiger partial charge is 0.205 e. The Hall–Kier alpha value is -2.53. The van der Waals surface area contributed by atoms with Gasteiger partial charge in [-0.3, -0.25) is 0 Å². The lowest BCUT2D eigenvalue weighted by atomic mass is 10.2. The highest BCUT2D eigenvalue weighted by Crippen LogP contribution is 2.29. The van der Waals surface area contributed by atoms with Crippen molar-refractivity contribution < 1.29 is 4.74 Å². The molecule has 2 N–H and O–H groups in total. The average Bonchev–Trinajstić information content (AvgIpc) is 2.98. The van der Waals surface area contributed by atoms with Crippen LogP contribution in [0.15, 0.2) is 48.5 Å². The molecule has 0 amide bonds. The minimum Gasteiger partial charge on any atom is -0.378 e. The van der Waals surface area contributed by atoms with Crippen LogP contribution >= 0.6 is 0 Å². The molecule has 2 aromatic carbocycles. The molecule has 0 saturated carbocycles. The lowest BCUT2D eigenvalue weighted by Gasteiger charge is -2.30. The number of imidazole rings is 1. The van der Waals surface area contributed by atoms with Crippen LogP contribution in [0.5, 0.6) is 0 Å². The largest absolute Gasteiger partial charge is 0.378 e. The van der Waals surface area contributed by atoms with Crippen molar-refractivity contribution in [3.05, 3.63) is 48.5 Å². The lowest BCUT2D eigenvalue weighted by molar-refractivity contribution is 0.123. The van der Waals surface area contributed by atoms with Crippen molar-refractivity contribution in [2.24, 2.45) is 0 Å². The summed E-state index contributed by atoms with van der Waals surface area (Å²) in [5.74, 6) is 0.766. The summed E-state index contributed by atoms with van der Waals surface area (Å²) in [6.07, 6.45) is 0. The van der Waals surface area contributed by atoms with Crippen LogP contribution in [0.4, 0.5) is 17.3 Å². The van der Waals surface area contributed by atoms with Gasteiger partial charge >= 0.3 is 0 Å². The molecule has 1 aliphatic rings. The first-order chi connectivity index (χ1) is 10.9. The Morgan fingerprint density at radius 2 is 1.77 bits per heavy atom. The van der Waals surface area contributed by atoms with Gasteiger partial charge in [0.15, 0.2) is 0 Å². The number of para-hydroxylation sites is 4. The number of fused-ring (bicyclic) bond motifs is 1. The van der Waals surface area contributed by atoms with E-state index in [0.717, 1.165) is 49.0 Å². The highest BCUT2D eigenvalue weighted by Gasteiger charge is 2.15. The Bertz CT molecular complexity index is 744. The zero-order valence-electron chi connectivity index (χ0n) is 12.2. The number of hydrogen-bond donors (Lipinski definition) is 2. The molecule has 4 rings (SSSR count). The Morgan fingerprint density at radius 1 is 1.00 bits per heavy atom. The number of nitrogens with one attached hydrogen (secondary N) is 2. The third kappa shape index (κ3) is 2.51. The standard InChI is InChI=1S/C17H18N4O/c1-2-6-14-13(5-1)18-17(19-14)20-15-7-3-4-8-16(15)21-9-11-22-12-10-21/h1-8H,9-12H2,(H2,18,19,20). The van der Waals surface area contributed by atoms with Crippen molar-refractivity contribution in [1.82, 2.24) is 9.97 Å².